The van der Waals surface area contributed by atoms with Gasteiger partial charge in [0.1, 0.15) is 5.78 Å². The average molecular weight is 220 g/mol. The van der Waals surface area contributed by atoms with Crippen LogP contribution in [0.15, 0.2) is 17.5 Å². The molecule has 1 nitrogen and oxygen atoms in total. The Morgan fingerprint density at radius 3 is 2.87 bits per heavy atom. The van der Waals surface area contributed by atoms with Crippen LogP contribution in [0.1, 0.15) is 37.0 Å². The van der Waals surface area contributed by atoms with E-state index in [0.29, 0.717) is 18.6 Å². The van der Waals surface area contributed by atoms with Gasteiger partial charge in [0.05, 0.1) is 0 Å². The first kappa shape index (κ1) is 12.0. The van der Waals surface area contributed by atoms with Crippen LogP contribution in [-0.2, 0) is 11.2 Å². The Morgan fingerprint density at radius 2 is 2.20 bits per heavy atom. The molecule has 0 aromatic carbocycles. The summed E-state index contributed by atoms with van der Waals surface area (Å²) in [7, 11) is 0. The molecule has 0 spiro atoms. The number of terminal acetylenes is 1. The summed E-state index contributed by atoms with van der Waals surface area (Å²) >= 11 is 1.76. The molecule has 1 rings (SSSR count). The predicted molar refractivity (Wildman–Crippen MR) is 64.9 cm³/mol. The van der Waals surface area contributed by atoms with Crippen molar-refractivity contribution in [1.82, 2.24) is 0 Å². The van der Waals surface area contributed by atoms with Gasteiger partial charge in [0, 0.05) is 24.1 Å². The van der Waals surface area contributed by atoms with Crippen LogP contribution in [0, 0.1) is 12.3 Å². The van der Waals surface area contributed by atoms with Crippen molar-refractivity contribution in [2.75, 3.05) is 0 Å². The first-order valence-electron chi connectivity index (χ1n) is 5.30. The largest absolute Gasteiger partial charge is 0.300 e. The third-order valence-electron chi connectivity index (χ3n) is 2.24. The summed E-state index contributed by atoms with van der Waals surface area (Å²) < 4.78 is 0. The molecule has 0 saturated carbocycles. The standard InChI is InChI=1S/C13H16OS/c1-2-3-4-7-12(14)8-5-9-13-10-6-11-15-13/h1,6,10-11H,3-5,7-9H2. The zero-order chi connectivity index (χ0) is 10.9. The Labute approximate surface area is 95.5 Å². The molecule has 2 heteroatoms. The molecule has 0 aliphatic heterocycles. The highest BCUT2D eigenvalue weighted by Gasteiger charge is 2.01. The number of carbonyl (C=O) groups is 1. The van der Waals surface area contributed by atoms with Gasteiger partial charge in [0.2, 0.25) is 0 Å². The molecule has 0 N–H and O–H groups in total. The molecular weight excluding hydrogens is 204 g/mol. The molecule has 0 bridgehead atoms. The quantitative estimate of drug-likeness (QED) is 0.508. The highest BCUT2D eigenvalue weighted by Crippen LogP contribution is 2.12. The molecule has 80 valence electrons. The third kappa shape index (κ3) is 5.39. The molecule has 0 atom stereocenters. The maximum atomic E-state index is 11.4. The van der Waals surface area contributed by atoms with Gasteiger partial charge in [-0.25, -0.2) is 0 Å². The maximum absolute atomic E-state index is 11.4. The number of unbranched alkanes of at least 4 members (excludes halogenated alkanes) is 1. The molecule has 1 aromatic rings. The molecule has 0 saturated heterocycles. The summed E-state index contributed by atoms with van der Waals surface area (Å²) in [5.41, 5.74) is 0. The van der Waals surface area contributed by atoms with E-state index in [2.05, 4.69) is 23.4 Å². The molecule has 0 aliphatic carbocycles. The van der Waals surface area contributed by atoms with Crippen molar-refractivity contribution >= 4 is 17.1 Å². The summed E-state index contributed by atoms with van der Waals surface area (Å²) in [5.74, 6) is 2.90. The molecule has 0 radical (unpaired) electrons. The minimum absolute atomic E-state index is 0.349. The second-order valence-corrected chi connectivity index (χ2v) is 4.56. The fraction of sp³-hybridized carbons (Fsp3) is 0.462. The highest BCUT2D eigenvalue weighted by atomic mass is 32.1. The summed E-state index contributed by atoms with van der Waals surface area (Å²) in [6.45, 7) is 0. The second kappa shape index (κ2) is 7.25. The third-order valence-corrected chi connectivity index (χ3v) is 3.17. The number of hydrogen-bond acceptors (Lipinski definition) is 2. The van der Waals surface area contributed by atoms with E-state index in [0.717, 1.165) is 25.7 Å². The van der Waals surface area contributed by atoms with Gasteiger partial charge in [0.25, 0.3) is 0 Å². The van der Waals surface area contributed by atoms with Gasteiger partial charge in [-0.3, -0.25) is 4.79 Å². The Morgan fingerprint density at radius 1 is 1.40 bits per heavy atom. The van der Waals surface area contributed by atoms with E-state index in [-0.39, 0.29) is 0 Å². The van der Waals surface area contributed by atoms with Crippen LogP contribution in [-0.4, -0.2) is 5.78 Å². The number of rotatable bonds is 7. The molecular formula is C13H16OS. The molecule has 0 amide bonds. The Balaban J connectivity index is 2.05. The van der Waals surface area contributed by atoms with Gasteiger partial charge in [-0.1, -0.05) is 6.07 Å². The summed E-state index contributed by atoms with van der Waals surface area (Å²) in [4.78, 5) is 12.7. The van der Waals surface area contributed by atoms with Crippen molar-refractivity contribution in [1.29, 1.82) is 0 Å². The maximum Gasteiger partial charge on any atom is 0.132 e. The van der Waals surface area contributed by atoms with Gasteiger partial charge in [-0.15, -0.1) is 23.7 Å². The number of hydrogen-bond donors (Lipinski definition) is 0. The topological polar surface area (TPSA) is 17.1 Å². The van der Waals surface area contributed by atoms with Crippen molar-refractivity contribution in [2.45, 2.75) is 38.5 Å². The van der Waals surface area contributed by atoms with E-state index >= 15 is 0 Å². The Bertz CT molecular complexity index is 319. The molecule has 0 aliphatic rings. The lowest BCUT2D eigenvalue weighted by Gasteiger charge is -1.98. The van der Waals surface area contributed by atoms with E-state index in [1.54, 1.807) is 11.3 Å². The van der Waals surface area contributed by atoms with E-state index in [9.17, 15) is 4.79 Å². The second-order valence-electron chi connectivity index (χ2n) is 3.53. The summed E-state index contributed by atoms with van der Waals surface area (Å²) in [6, 6.07) is 4.17. The molecule has 15 heavy (non-hydrogen) atoms. The zero-order valence-electron chi connectivity index (χ0n) is 8.87. The lowest BCUT2D eigenvalue weighted by molar-refractivity contribution is -0.119. The zero-order valence-corrected chi connectivity index (χ0v) is 9.69. The Hall–Kier alpha value is -1.07. The van der Waals surface area contributed by atoms with Gasteiger partial charge in [-0.05, 0) is 30.7 Å². The minimum atomic E-state index is 0.349. The average Bonchev–Trinajstić information content (AvgIpc) is 2.71. The highest BCUT2D eigenvalue weighted by molar-refractivity contribution is 7.09. The number of thiophene rings is 1. The lowest BCUT2D eigenvalue weighted by Crippen LogP contribution is -1.98. The lowest BCUT2D eigenvalue weighted by atomic mass is 10.1. The van der Waals surface area contributed by atoms with Gasteiger partial charge in [-0.2, -0.15) is 0 Å². The van der Waals surface area contributed by atoms with Crippen LogP contribution in [0.3, 0.4) is 0 Å². The monoisotopic (exact) mass is 220 g/mol. The van der Waals surface area contributed by atoms with E-state index < -0.39 is 0 Å². The van der Waals surface area contributed by atoms with Crippen molar-refractivity contribution in [3.05, 3.63) is 22.4 Å². The van der Waals surface area contributed by atoms with Crippen LogP contribution in [0.5, 0.6) is 0 Å². The molecule has 0 unspecified atom stereocenters. The van der Waals surface area contributed by atoms with Crippen LogP contribution < -0.4 is 0 Å². The SMILES string of the molecule is C#CCCCC(=O)CCCc1cccs1. The van der Waals surface area contributed by atoms with Crippen molar-refractivity contribution in [2.24, 2.45) is 0 Å². The molecule has 1 aromatic heterocycles. The molecule has 0 fully saturated rings. The first-order valence-corrected chi connectivity index (χ1v) is 6.18. The number of aryl methyl sites for hydroxylation is 1. The predicted octanol–water partition coefficient (Wildman–Crippen LogP) is 3.44. The van der Waals surface area contributed by atoms with Crippen LogP contribution >= 0.6 is 11.3 Å². The normalized spacial score (nSPS) is 9.80. The first-order chi connectivity index (χ1) is 7.33. The van der Waals surface area contributed by atoms with Gasteiger partial charge in [0.15, 0.2) is 0 Å². The van der Waals surface area contributed by atoms with E-state index in [4.69, 9.17) is 6.42 Å². The van der Waals surface area contributed by atoms with E-state index in [1.807, 2.05) is 0 Å². The van der Waals surface area contributed by atoms with Crippen LogP contribution in [0.2, 0.25) is 0 Å². The number of carbonyl (C=O) groups excluding carboxylic acids is 1. The van der Waals surface area contributed by atoms with Crippen LogP contribution in [0.25, 0.3) is 0 Å². The Kier molecular flexibility index (Phi) is 5.80. The van der Waals surface area contributed by atoms with Crippen molar-refractivity contribution < 1.29 is 4.79 Å². The fourth-order valence-corrected chi connectivity index (χ4v) is 2.18. The number of ketones is 1. The van der Waals surface area contributed by atoms with Gasteiger partial charge < -0.3 is 0 Å². The smallest absolute Gasteiger partial charge is 0.132 e. The fourth-order valence-electron chi connectivity index (χ4n) is 1.43. The summed E-state index contributed by atoms with van der Waals surface area (Å²) in [5, 5.41) is 2.07. The number of Topliss-reactive ketones (excluding diaryl/α,β-unsaturated/α-hetero) is 1. The summed E-state index contributed by atoms with van der Waals surface area (Å²) in [6.07, 6.45) is 10.0. The minimum Gasteiger partial charge on any atom is -0.300 e. The molecule has 1 heterocycles. The van der Waals surface area contributed by atoms with Crippen LogP contribution in [0.4, 0.5) is 0 Å². The van der Waals surface area contributed by atoms with Crippen molar-refractivity contribution in [3.63, 3.8) is 0 Å². The van der Waals surface area contributed by atoms with Crippen molar-refractivity contribution in [3.8, 4) is 12.3 Å². The van der Waals surface area contributed by atoms with E-state index in [1.165, 1.54) is 4.88 Å². The van der Waals surface area contributed by atoms with Gasteiger partial charge >= 0.3 is 0 Å².